The molecule has 22 heavy (non-hydrogen) atoms. The minimum absolute atomic E-state index is 0.0856. The van der Waals surface area contributed by atoms with Crippen molar-refractivity contribution in [2.75, 3.05) is 34.2 Å². The Morgan fingerprint density at radius 1 is 0.955 bits per heavy atom. The van der Waals surface area contributed by atoms with Crippen LogP contribution in [0.1, 0.15) is 52.9 Å². The standard InChI is InChI=1S/C18H34N2O2/c1-18(2,3)16(21)14-10-7-8-11-15(14)17(22)20(6)13-9-12-19(4)5/h14-15H,7-13H2,1-6H3/t14-,15+/m1/s1. The zero-order valence-corrected chi connectivity index (χ0v) is 15.3. The summed E-state index contributed by atoms with van der Waals surface area (Å²) in [6.45, 7) is 7.64. The third-order valence-corrected chi connectivity index (χ3v) is 4.63. The lowest BCUT2D eigenvalue weighted by Crippen LogP contribution is -2.44. The van der Waals surface area contributed by atoms with Crippen molar-refractivity contribution in [3.8, 4) is 0 Å². The van der Waals surface area contributed by atoms with E-state index in [9.17, 15) is 9.59 Å². The number of hydrogen-bond donors (Lipinski definition) is 0. The average Bonchev–Trinajstić information content (AvgIpc) is 2.44. The SMILES string of the molecule is CN(C)CCCN(C)C(=O)[C@H]1CCCC[C@H]1C(=O)C(C)(C)C. The summed E-state index contributed by atoms with van der Waals surface area (Å²) in [7, 11) is 5.97. The molecular weight excluding hydrogens is 276 g/mol. The fourth-order valence-electron chi connectivity index (χ4n) is 3.31. The molecule has 4 nitrogen and oxygen atoms in total. The van der Waals surface area contributed by atoms with Crippen molar-refractivity contribution >= 4 is 11.7 Å². The molecule has 0 spiro atoms. The highest BCUT2D eigenvalue weighted by molar-refractivity contribution is 5.91. The summed E-state index contributed by atoms with van der Waals surface area (Å²) in [5.41, 5.74) is -0.357. The Balaban J connectivity index is 2.69. The number of carbonyl (C=O) groups excluding carboxylic acids is 2. The maximum Gasteiger partial charge on any atom is 0.226 e. The first-order chi connectivity index (χ1) is 10.1. The van der Waals surface area contributed by atoms with E-state index in [2.05, 4.69) is 4.90 Å². The number of ketones is 1. The molecule has 0 aromatic heterocycles. The van der Waals surface area contributed by atoms with Gasteiger partial charge in [-0.3, -0.25) is 9.59 Å². The monoisotopic (exact) mass is 310 g/mol. The summed E-state index contributed by atoms with van der Waals surface area (Å²) in [4.78, 5) is 29.4. The van der Waals surface area contributed by atoms with Crippen LogP contribution in [-0.4, -0.2) is 55.7 Å². The van der Waals surface area contributed by atoms with Gasteiger partial charge < -0.3 is 9.80 Å². The van der Waals surface area contributed by atoms with E-state index in [4.69, 9.17) is 0 Å². The molecule has 4 heteroatoms. The molecule has 128 valence electrons. The molecule has 1 fully saturated rings. The molecule has 0 bridgehead atoms. The van der Waals surface area contributed by atoms with E-state index in [1.807, 2.05) is 46.8 Å². The van der Waals surface area contributed by atoms with Crippen LogP contribution in [0.5, 0.6) is 0 Å². The molecule has 1 aliphatic carbocycles. The van der Waals surface area contributed by atoms with Crippen LogP contribution < -0.4 is 0 Å². The van der Waals surface area contributed by atoms with E-state index in [1.165, 1.54) is 0 Å². The Morgan fingerprint density at radius 2 is 1.50 bits per heavy atom. The van der Waals surface area contributed by atoms with Gasteiger partial charge in [0.25, 0.3) is 0 Å². The van der Waals surface area contributed by atoms with Crippen molar-refractivity contribution in [1.82, 2.24) is 9.80 Å². The van der Waals surface area contributed by atoms with Crippen molar-refractivity contribution in [2.24, 2.45) is 17.3 Å². The fourth-order valence-corrected chi connectivity index (χ4v) is 3.31. The zero-order valence-electron chi connectivity index (χ0n) is 15.3. The summed E-state index contributed by atoms with van der Waals surface area (Å²) in [5.74, 6) is 0.232. The Kier molecular flexibility index (Phi) is 7.04. The van der Waals surface area contributed by atoms with E-state index < -0.39 is 0 Å². The third kappa shape index (κ3) is 5.38. The van der Waals surface area contributed by atoms with Gasteiger partial charge in [-0.15, -0.1) is 0 Å². The van der Waals surface area contributed by atoms with E-state index in [-0.39, 0.29) is 28.9 Å². The number of amides is 1. The minimum atomic E-state index is -0.357. The maximum atomic E-state index is 12.8. The van der Waals surface area contributed by atoms with Gasteiger partial charge in [-0.2, -0.15) is 0 Å². The van der Waals surface area contributed by atoms with Gasteiger partial charge >= 0.3 is 0 Å². The lowest BCUT2D eigenvalue weighted by molar-refractivity contribution is -0.144. The summed E-state index contributed by atoms with van der Waals surface area (Å²) in [6.07, 6.45) is 4.84. The molecular formula is C18H34N2O2. The molecule has 1 saturated carbocycles. The zero-order chi connectivity index (χ0) is 16.9. The molecule has 0 aromatic rings. The van der Waals surface area contributed by atoms with E-state index in [0.717, 1.165) is 45.2 Å². The molecule has 0 aromatic carbocycles. The van der Waals surface area contributed by atoms with Gasteiger partial charge in [0.05, 0.1) is 0 Å². The molecule has 0 heterocycles. The van der Waals surface area contributed by atoms with Gasteiger partial charge in [-0.25, -0.2) is 0 Å². The number of nitrogens with zero attached hydrogens (tertiary/aromatic N) is 2. The quantitative estimate of drug-likeness (QED) is 0.757. The highest BCUT2D eigenvalue weighted by atomic mass is 16.2. The van der Waals surface area contributed by atoms with Gasteiger partial charge in [0, 0.05) is 30.8 Å². The number of Topliss-reactive ketones (excluding diaryl/α,β-unsaturated/α-hetero) is 1. The summed E-state index contributed by atoms with van der Waals surface area (Å²) < 4.78 is 0. The highest BCUT2D eigenvalue weighted by Gasteiger charge is 2.40. The predicted molar refractivity (Wildman–Crippen MR) is 90.7 cm³/mol. The van der Waals surface area contributed by atoms with E-state index in [1.54, 1.807) is 0 Å². The lowest BCUT2D eigenvalue weighted by atomic mass is 9.70. The molecule has 0 aliphatic heterocycles. The van der Waals surface area contributed by atoms with Gasteiger partial charge in [-0.1, -0.05) is 33.6 Å². The Labute approximate surface area is 136 Å². The highest BCUT2D eigenvalue weighted by Crippen LogP contribution is 2.36. The van der Waals surface area contributed by atoms with Gasteiger partial charge in [-0.05, 0) is 39.9 Å². The third-order valence-electron chi connectivity index (χ3n) is 4.63. The molecule has 0 radical (unpaired) electrons. The topological polar surface area (TPSA) is 40.6 Å². The van der Waals surface area contributed by atoms with Crippen molar-refractivity contribution in [2.45, 2.75) is 52.9 Å². The molecule has 0 saturated heterocycles. The van der Waals surface area contributed by atoms with Crippen LogP contribution in [0.2, 0.25) is 0 Å². The molecule has 0 N–H and O–H groups in total. The second-order valence-electron chi connectivity index (χ2n) is 8.03. The first-order valence-electron chi connectivity index (χ1n) is 8.58. The maximum absolute atomic E-state index is 12.8. The van der Waals surface area contributed by atoms with Crippen molar-refractivity contribution in [3.05, 3.63) is 0 Å². The lowest BCUT2D eigenvalue weighted by Gasteiger charge is -2.35. The number of carbonyl (C=O) groups is 2. The Hall–Kier alpha value is -0.900. The number of rotatable bonds is 6. The second kappa shape index (κ2) is 8.09. The van der Waals surface area contributed by atoms with Crippen LogP contribution >= 0.6 is 0 Å². The normalized spacial score (nSPS) is 22.7. The molecule has 2 atom stereocenters. The van der Waals surface area contributed by atoms with Crippen LogP contribution in [0.4, 0.5) is 0 Å². The van der Waals surface area contributed by atoms with Crippen LogP contribution in [0.15, 0.2) is 0 Å². The van der Waals surface area contributed by atoms with Gasteiger partial charge in [0.15, 0.2) is 0 Å². The number of hydrogen-bond acceptors (Lipinski definition) is 3. The Morgan fingerprint density at radius 3 is 2.00 bits per heavy atom. The predicted octanol–water partition coefficient (Wildman–Crippen LogP) is 2.82. The van der Waals surface area contributed by atoms with Crippen LogP contribution in [-0.2, 0) is 9.59 Å². The minimum Gasteiger partial charge on any atom is -0.345 e. The van der Waals surface area contributed by atoms with Gasteiger partial charge in [0.2, 0.25) is 5.91 Å². The second-order valence-corrected chi connectivity index (χ2v) is 8.03. The molecule has 1 aliphatic rings. The van der Waals surface area contributed by atoms with Crippen molar-refractivity contribution in [3.63, 3.8) is 0 Å². The van der Waals surface area contributed by atoms with Crippen LogP contribution in [0, 0.1) is 17.3 Å². The van der Waals surface area contributed by atoms with Crippen LogP contribution in [0.3, 0.4) is 0 Å². The van der Waals surface area contributed by atoms with E-state index in [0.29, 0.717) is 0 Å². The Bertz CT molecular complexity index is 385. The first-order valence-corrected chi connectivity index (χ1v) is 8.58. The molecule has 0 unspecified atom stereocenters. The molecule has 1 amide bonds. The fraction of sp³-hybridized carbons (Fsp3) is 0.889. The smallest absolute Gasteiger partial charge is 0.226 e. The van der Waals surface area contributed by atoms with Crippen LogP contribution in [0.25, 0.3) is 0 Å². The molecule has 1 rings (SSSR count). The van der Waals surface area contributed by atoms with Gasteiger partial charge in [0.1, 0.15) is 5.78 Å². The van der Waals surface area contributed by atoms with Crippen molar-refractivity contribution < 1.29 is 9.59 Å². The summed E-state index contributed by atoms with van der Waals surface area (Å²) in [5, 5.41) is 0. The summed E-state index contributed by atoms with van der Waals surface area (Å²) in [6, 6.07) is 0. The first kappa shape index (κ1) is 19.1. The summed E-state index contributed by atoms with van der Waals surface area (Å²) >= 11 is 0. The largest absolute Gasteiger partial charge is 0.345 e. The average molecular weight is 310 g/mol. The van der Waals surface area contributed by atoms with Crippen molar-refractivity contribution in [1.29, 1.82) is 0 Å². The van der Waals surface area contributed by atoms with E-state index >= 15 is 0 Å².